The number of carbonyl (C=O) groups is 1. The zero-order valence-electron chi connectivity index (χ0n) is 18.2. The van der Waals surface area contributed by atoms with Crippen molar-refractivity contribution in [3.63, 3.8) is 0 Å². The number of sulfonamides is 1. The molecular weight excluding hydrogens is 462 g/mol. The van der Waals surface area contributed by atoms with Crippen molar-refractivity contribution in [2.24, 2.45) is 5.10 Å². The fourth-order valence-electron chi connectivity index (χ4n) is 3.10. The van der Waals surface area contributed by atoms with Crippen LogP contribution in [0.1, 0.15) is 29.2 Å². The van der Waals surface area contributed by atoms with Gasteiger partial charge >= 0.3 is 0 Å². The summed E-state index contributed by atoms with van der Waals surface area (Å²) < 4.78 is 33.7. The first-order valence-corrected chi connectivity index (χ1v) is 11.9. The number of methoxy groups -OCH3 is 1. The number of rotatable bonds is 9. The lowest BCUT2D eigenvalue weighted by Crippen LogP contribution is -2.32. The molecule has 2 N–H and O–H groups in total. The number of hydrogen-bond donors (Lipinski definition) is 2. The van der Waals surface area contributed by atoms with E-state index in [0.29, 0.717) is 21.9 Å². The molecule has 3 rings (SSSR count). The van der Waals surface area contributed by atoms with Gasteiger partial charge in [0.25, 0.3) is 0 Å². The number of nitrogens with zero attached hydrogens (tertiary/aromatic N) is 1. The van der Waals surface area contributed by atoms with Crippen LogP contribution in [0.15, 0.2) is 82.8 Å². The van der Waals surface area contributed by atoms with Crippen LogP contribution in [0.4, 0.5) is 0 Å². The van der Waals surface area contributed by atoms with Gasteiger partial charge in [-0.05, 0) is 42.8 Å². The monoisotopic (exact) mass is 485 g/mol. The van der Waals surface area contributed by atoms with Crippen molar-refractivity contribution in [3.05, 3.63) is 94.5 Å². The van der Waals surface area contributed by atoms with Crippen LogP contribution in [0.2, 0.25) is 5.02 Å². The highest BCUT2D eigenvalue weighted by Crippen LogP contribution is 2.22. The molecule has 3 aromatic rings. The third kappa shape index (κ3) is 6.89. The van der Waals surface area contributed by atoms with Gasteiger partial charge in [-0.2, -0.15) is 5.10 Å². The van der Waals surface area contributed by atoms with Gasteiger partial charge in [-0.3, -0.25) is 4.79 Å². The zero-order chi connectivity index (χ0) is 23.8. The van der Waals surface area contributed by atoms with Gasteiger partial charge in [0, 0.05) is 17.0 Å². The van der Waals surface area contributed by atoms with E-state index in [9.17, 15) is 13.2 Å². The Bertz CT molecular complexity index is 1230. The summed E-state index contributed by atoms with van der Waals surface area (Å²) in [6.07, 6.45) is 1.26. The molecule has 0 aliphatic rings. The van der Waals surface area contributed by atoms with Crippen molar-refractivity contribution in [3.8, 4) is 5.75 Å². The van der Waals surface area contributed by atoms with Crippen molar-refractivity contribution in [2.75, 3.05) is 7.11 Å². The van der Waals surface area contributed by atoms with Gasteiger partial charge < -0.3 is 4.74 Å². The van der Waals surface area contributed by atoms with Crippen LogP contribution in [0.5, 0.6) is 5.75 Å². The lowest BCUT2D eigenvalue weighted by molar-refractivity contribution is -0.121. The topological polar surface area (TPSA) is 96.9 Å². The largest absolute Gasteiger partial charge is 0.496 e. The second-order valence-corrected chi connectivity index (χ2v) is 9.43. The van der Waals surface area contributed by atoms with E-state index in [0.717, 1.165) is 5.56 Å². The van der Waals surface area contributed by atoms with Crippen LogP contribution in [-0.4, -0.2) is 27.6 Å². The molecule has 0 spiro atoms. The molecule has 7 nitrogen and oxygen atoms in total. The number of amides is 1. The van der Waals surface area contributed by atoms with E-state index in [1.807, 2.05) is 13.0 Å². The van der Waals surface area contributed by atoms with Gasteiger partial charge in [0.15, 0.2) is 0 Å². The second-order valence-electron chi connectivity index (χ2n) is 7.28. The first-order chi connectivity index (χ1) is 15.8. The predicted molar refractivity (Wildman–Crippen MR) is 129 cm³/mol. The van der Waals surface area contributed by atoms with E-state index < -0.39 is 22.0 Å². The van der Waals surface area contributed by atoms with Crippen LogP contribution in [-0.2, 0) is 14.8 Å². The van der Waals surface area contributed by atoms with Gasteiger partial charge in [0.05, 0.1) is 24.3 Å². The summed E-state index contributed by atoms with van der Waals surface area (Å²) in [5.74, 6) is 0.0816. The Balaban J connectivity index is 1.75. The minimum atomic E-state index is -3.85. The van der Waals surface area contributed by atoms with Crippen LogP contribution in [0.25, 0.3) is 0 Å². The van der Waals surface area contributed by atoms with E-state index in [4.69, 9.17) is 16.3 Å². The molecule has 172 valence electrons. The normalized spacial score (nSPS) is 12.5. The lowest BCUT2D eigenvalue weighted by Gasteiger charge is -2.18. The maximum atomic E-state index is 12.9. The van der Waals surface area contributed by atoms with Crippen LogP contribution < -0.4 is 14.9 Å². The molecule has 33 heavy (non-hydrogen) atoms. The Hall–Kier alpha value is -3.20. The standard InChI is InChI=1S/C24H24ClN3O4S/c1-17-8-11-21(12-9-17)33(30,31)28-22(18-6-4-3-5-7-18)15-24(29)27-26-16-19-14-20(25)10-13-23(19)32-2/h3-14,16,22,28H,15H2,1-2H3,(H,27,29)/b26-16-/t22-/m0/s1. The molecule has 0 bridgehead atoms. The quantitative estimate of drug-likeness (QED) is 0.350. The van der Waals surface area contributed by atoms with E-state index >= 15 is 0 Å². The van der Waals surface area contributed by atoms with Crippen LogP contribution >= 0.6 is 11.6 Å². The maximum absolute atomic E-state index is 12.9. The predicted octanol–water partition coefficient (Wildman–Crippen LogP) is 4.22. The second kappa shape index (κ2) is 11.1. The molecule has 3 aromatic carbocycles. The highest BCUT2D eigenvalue weighted by atomic mass is 35.5. The van der Waals surface area contributed by atoms with E-state index in [1.165, 1.54) is 25.5 Å². The third-order valence-corrected chi connectivity index (χ3v) is 6.53. The van der Waals surface area contributed by atoms with E-state index in [1.54, 1.807) is 54.6 Å². The Morgan fingerprint density at radius 3 is 2.45 bits per heavy atom. The fourth-order valence-corrected chi connectivity index (χ4v) is 4.50. The molecule has 0 unspecified atom stereocenters. The molecule has 0 heterocycles. The molecule has 0 saturated heterocycles. The molecule has 0 aromatic heterocycles. The molecule has 0 saturated carbocycles. The summed E-state index contributed by atoms with van der Waals surface area (Å²) in [7, 11) is -2.33. The van der Waals surface area contributed by atoms with E-state index in [-0.39, 0.29) is 11.3 Å². The molecule has 1 amide bonds. The number of carbonyl (C=O) groups excluding carboxylic acids is 1. The molecule has 0 aliphatic heterocycles. The average Bonchev–Trinajstić information content (AvgIpc) is 2.79. The van der Waals surface area contributed by atoms with Crippen molar-refractivity contribution in [2.45, 2.75) is 24.3 Å². The molecule has 0 radical (unpaired) electrons. The Morgan fingerprint density at radius 2 is 1.79 bits per heavy atom. The number of halogens is 1. The van der Waals surface area contributed by atoms with Crippen molar-refractivity contribution >= 4 is 33.7 Å². The summed E-state index contributed by atoms with van der Waals surface area (Å²) in [4.78, 5) is 12.7. The van der Waals surface area contributed by atoms with E-state index in [2.05, 4.69) is 15.2 Å². The number of hydrazone groups is 1. The summed E-state index contributed by atoms with van der Waals surface area (Å²) >= 11 is 6.00. The Morgan fingerprint density at radius 1 is 1.09 bits per heavy atom. The Labute approximate surface area is 198 Å². The average molecular weight is 486 g/mol. The summed E-state index contributed by atoms with van der Waals surface area (Å²) in [5.41, 5.74) is 4.62. The number of benzene rings is 3. The smallest absolute Gasteiger partial charge is 0.242 e. The molecular formula is C24H24ClN3O4S. The van der Waals surface area contributed by atoms with Gasteiger partial charge in [-0.15, -0.1) is 0 Å². The summed E-state index contributed by atoms with van der Waals surface area (Å²) in [5, 5.41) is 4.46. The highest BCUT2D eigenvalue weighted by molar-refractivity contribution is 7.89. The van der Waals surface area contributed by atoms with Gasteiger partial charge in [-0.1, -0.05) is 59.6 Å². The third-order valence-electron chi connectivity index (χ3n) is 4.80. The van der Waals surface area contributed by atoms with Crippen LogP contribution in [0, 0.1) is 6.92 Å². The SMILES string of the molecule is COc1ccc(Cl)cc1/C=N\NC(=O)C[C@H](NS(=O)(=O)c1ccc(C)cc1)c1ccccc1. The van der Waals surface area contributed by atoms with Gasteiger partial charge in [0.2, 0.25) is 15.9 Å². The van der Waals surface area contributed by atoms with Crippen LogP contribution in [0.3, 0.4) is 0 Å². The first-order valence-electron chi connectivity index (χ1n) is 10.1. The lowest BCUT2D eigenvalue weighted by atomic mass is 10.0. The van der Waals surface area contributed by atoms with Crippen molar-refractivity contribution in [1.82, 2.24) is 10.1 Å². The molecule has 0 fully saturated rings. The number of ether oxygens (including phenoxy) is 1. The Kier molecular flexibility index (Phi) is 8.21. The van der Waals surface area contributed by atoms with Crippen molar-refractivity contribution in [1.29, 1.82) is 0 Å². The van der Waals surface area contributed by atoms with Gasteiger partial charge in [-0.25, -0.2) is 18.6 Å². The molecule has 1 atom stereocenters. The fraction of sp³-hybridized carbons (Fsp3) is 0.167. The number of aryl methyl sites for hydroxylation is 1. The minimum absolute atomic E-state index is 0.125. The zero-order valence-corrected chi connectivity index (χ0v) is 19.7. The number of nitrogens with one attached hydrogen (secondary N) is 2. The molecule has 9 heteroatoms. The number of hydrogen-bond acceptors (Lipinski definition) is 5. The maximum Gasteiger partial charge on any atom is 0.242 e. The first kappa shape index (κ1) is 24.4. The van der Waals surface area contributed by atoms with Gasteiger partial charge in [0.1, 0.15) is 5.75 Å². The highest BCUT2D eigenvalue weighted by Gasteiger charge is 2.23. The minimum Gasteiger partial charge on any atom is -0.496 e. The molecule has 0 aliphatic carbocycles. The summed E-state index contributed by atoms with van der Waals surface area (Å²) in [6.45, 7) is 1.88. The summed E-state index contributed by atoms with van der Waals surface area (Å²) in [6, 6.07) is 19.6. The van der Waals surface area contributed by atoms with Crippen molar-refractivity contribution < 1.29 is 17.9 Å².